The molecule has 0 spiro atoms. The Balaban J connectivity index is 1.46. The molecule has 3 aromatic rings. The molecule has 1 aromatic carbocycles. The molecule has 0 radical (unpaired) electrons. The summed E-state index contributed by atoms with van der Waals surface area (Å²) in [6, 6.07) is 13.4. The summed E-state index contributed by atoms with van der Waals surface area (Å²) in [5.74, 6) is 1.20. The normalized spacial score (nSPS) is 11.0. The van der Waals surface area contributed by atoms with Crippen LogP contribution in [0.5, 0.6) is 0 Å². The van der Waals surface area contributed by atoms with E-state index in [0.29, 0.717) is 24.7 Å². The smallest absolute Gasteiger partial charge is 0.244 e. The van der Waals surface area contributed by atoms with Gasteiger partial charge in [0.05, 0.1) is 5.69 Å². The molecule has 7 nitrogen and oxygen atoms in total. The first kappa shape index (κ1) is 19.3. The average molecular weight is 376 g/mol. The van der Waals surface area contributed by atoms with Crippen molar-refractivity contribution in [3.8, 4) is 5.82 Å². The summed E-state index contributed by atoms with van der Waals surface area (Å²) in [4.78, 5) is 11.8. The number of hydrogen-bond donors (Lipinski definition) is 2. The number of carbonyl (C=O) groups excluding carboxylic acids is 1. The molecule has 0 atom stereocenters. The minimum atomic E-state index is -0.132. The van der Waals surface area contributed by atoms with Crippen LogP contribution < -0.4 is 10.6 Å². The van der Waals surface area contributed by atoms with E-state index in [2.05, 4.69) is 25.9 Å². The molecular weight excluding hydrogens is 352 g/mol. The van der Waals surface area contributed by atoms with E-state index in [-0.39, 0.29) is 5.91 Å². The maximum absolute atomic E-state index is 11.8. The molecule has 0 unspecified atom stereocenters. The number of aryl methyl sites for hydroxylation is 1. The van der Waals surface area contributed by atoms with Crippen LogP contribution in [0.25, 0.3) is 11.9 Å². The third-order valence-electron chi connectivity index (χ3n) is 4.48. The van der Waals surface area contributed by atoms with E-state index >= 15 is 0 Å². The first-order chi connectivity index (χ1) is 13.5. The maximum atomic E-state index is 11.8. The molecule has 7 heteroatoms. The fraction of sp³-hybridized carbons (Fsp3) is 0.238. The van der Waals surface area contributed by atoms with Crippen LogP contribution in [-0.4, -0.2) is 39.0 Å². The monoisotopic (exact) mass is 376 g/mol. The lowest BCUT2D eigenvalue weighted by Gasteiger charge is -2.07. The molecule has 2 heterocycles. The molecular formula is C21H24N6O. The molecule has 28 heavy (non-hydrogen) atoms. The van der Waals surface area contributed by atoms with E-state index in [1.54, 1.807) is 10.8 Å². The average Bonchev–Trinajstić information content (AvgIpc) is 2.98. The largest absolute Gasteiger partial charge is 0.367 e. The Hall–Kier alpha value is -3.48. The number of nitrogens with one attached hydrogen (secondary N) is 2. The highest BCUT2D eigenvalue weighted by molar-refractivity contribution is 5.91. The summed E-state index contributed by atoms with van der Waals surface area (Å²) in [7, 11) is 0. The lowest BCUT2D eigenvalue weighted by Crippen LogP contribution is -2.27. The minimum absolute atomic E-state index is 0.132. The second-order valence-electron chi connectivity index (χ2n) is 6.45. The third-order valence-corrected chi connectivity index (χ3v) is 4.48. The van der Waals surface area contributed by atoms with Crippen LogP contribution in [0.15, 0.2) is 48.5 Å². The Bertz CT molecular complexity index is 961. The lowest BCUT2D eigenvalue weighted by atomic mass is 10.2. The molecule has 0 aliphatic heterocycles. The van der Waals surface area contributed by atoms with Crippen molar-refractivity contribution in [3.05, 3.63) is 71.1 Å². The zero-order valence-corrected chi connectivity index (χ0v) is 16.3. The summed E-state index contributed by atoms with van der Waals surface area (Å²) < 4.78 is 1.79. The topological polar surface area (TPSA) is 84.7 Å². The first-order valence-electron chi connectivity index (χ1n) is 9.16. The highest BCUT2D eigenvalue weighted by Crippen LogP contribution is 2.15. The maximum Gasteiger partial charge on any atom is 0.244 e. The van der Waals surface area contributed by atoms with Gasteiger partial charge in [-0.25, -0.2) is 4.68 Å². The van der Waals surface area contributed by atoms with Crippen molar-refractivity contribution in [1.82, 2.24) is 25.3 Å². The predicted octanol–water partition coefficient (Wildman–Crippen LogP) is 2.83. The number of nitrogens with zero attached hydrogens (tertiary/aromatic N) is 4. The highest BCUT2D eigenvalue weighted by Gasteiger charge is 2.10. The van der Waals surface area contributed by atoms with Gasteiger partial charge in [0.2, 0.25) is 5.91 Å². The minimum Gasteiger partial charge on any atom is -0.367 e. The number of aromatic nitrogens is 4. The fourth-order valence-electron chi connectivity index (χ4n) is 2.65. The summed E-state index contributed by atoms with van der Waals surface area (Å²) in [5, 5.41) is 18.9. The summed E-state index contributed by atoms with van der Waals surface area (Å²) in [6.45, 7) is 7.07. The Morgan fingerprint density at radius 1 is 1.04 bits per heavy atom. The molecule has 0 bridgehead atoms. The zero-order chi connectivity index (χ0) is 19.9. The number of rotatable bonds is 7. The van der Waals surface area contributed by atoms with Gasteiger partial charge < -0.3 is 10.6 Å². The lowest BCUT2D eigenvalue weighted by molar-refractivity contribution is -0.116. The number of anilines is 1. The number of carbonyl (C=O) groups is 1. The summed E-state index contributed by atoms with van der Waals surface area (Å²) in [5.41, 5.74) is 4.18. The Kier molecular flexibility index (Phi) is 6.16. The van der Waals surface area contributed by atoms with Gasteiger partial charge in [-0.15, -0.1) is 10.2 Å². The van der Waals surface area contributed by atoms with Crippen molar-refractivity contribution in [2.75, 3.05) is 18.4 Å². The van der Waals surface area contributed by atoms with E-state index in [0.717, 1.165) is 22.5 Å². The molecule has 2 N–H and O–H groups in total. The number of benzene rings is 1. The van der Waals surface area contributed by atoms with Crippen LogP contribution in [0.4, 0.5) is 5.82 Å². The van der Waals surface area contributed by atoms with E-state index < -0.39 is 0 Å². The Morgan fingerprint density at radius 3 is 2.46 bits per heavy atom. The van der Waals surface area contributed by atoms with Crippen LogP contribution in [0.3, 0.4) is 0 Å². The van der Waals surface area contributed by atoms with E-state index in [9.17, 15) is 4.79 Å². The zero-order valence-electron chi connectivity index (χ0n) is 16.3. The standard InChI is InChI=1S/C21H24N6O/c1-15-16(2)26-27(17(15)3)20-11-10-19(24-25-20)22-13-14-23-21(28)12-9-18-7-5-4-6-8-18/h4-12H,13-14H2,1-3H3,(H,22,24)(H,23,28)/b12-9+. The molecule has 2 aromatic heterocycles. The molecule has 0 fully saturated rings. The van der Waals surface area contributed by atoms with E-state index in [1.807, 2.05) is 63.2 Å². The van der Waals surface area contributed by atoms with Crippen LogP contribution >= 0.6 is 0 Å². The van der Waals surface area contributed by atoms with Gasteiger partial charge in [0.1, 0.15) is 5.82 Å². The van der Waals surface area contributed by atoms with Crippen LogP contribution in [0.1, 0.15) is 22.5 Å². The van der Waals surface area contributed by atoms with Crippen molar-refractivity contribution in [2.24, 2.45) is 0 Å². The van der Waals surface area contributed by atoms with Crippen LogP contribution in [0, 0.1) is 20.8 Å². The molecule has 0 aliphatic carbocycles. The van der Waals surface area contributed by atoms with Gasteiger partial charge in [-0.3, -0.25) is 4.79 Å². The van der Waals surface area contributed by atoms with Crippen molar-refractivity contribution >= 4 is 17.8 Å². The van der Waals surface area contributed by atoms with E-state index in [1.165, 1.54) is 6.08 Å². The summed E-state index contributed by atoms with van der Waals surface area (Å²) >= 11 is 0. The highest BCUT2D eigenvalue weighted by atomic mass is 16.1. The third kappa shape index (κ3) is 4.82. The Labute approximate surface area is 164 Å². The molecule has 0 saturated heterocycles. The molecule has 0 saturated carbocycles. The van der Waals surface area contributed by atoms with Crippen molar-refractivity contribution in [3.63, 3.8) is 0 Å². The van der Waals surface area contributed by atoms with Crippen molar-refractivity contribution in [1.29, 1.82) is 0 Å². The van der Waals surface area contributed by atoms with Crippen molar-refractivity contribution in [2.45, 2.75) is 20.8 Å². The van der Waals surface area contributed by atoms with Crippen LogP contribution in [-0.2, 0) is 4.79 Å². The molecule has 1 amide bonds. The van der Waals surface area contributed by atoms with Gasteiger partial charge in [0.25, 0.3) is 0 Å². The van der Waals surface area contributed by atoms with Gasteiger partial charge in [-0.2, -0.15) is 5.10 Å². The van der Waals surface area contributed by atoms with Gasteiger partial charge >= 0.3 is 0 Å². The SMILES string of the molecule is Cc1nn(-c2ccc(NCCNC(=O)/C=C/c3ccccc3)nn2)c(C)c1C. The summed E-state index contributed by atoms with van der Waals surface area (Å²) in [6.07, 6.45) is 3.31. The van der Waals surface area contributed by atoms with Crippen LogP contribution in [0.2, 0.25) is 0 Å². The van der Waals surface area contributed by atoms with Gasteiger partial charge in [-0.05, 0) is 50.1 Å². The molecule has 3 rings (SSSR count). The predicted molar refractivity (Wildman–Crippen MR) is 110 cm³/mol. The van der Waals surface area contributed by atoms with Gasteiger partial charge in [-0.1, -0.05) is 30.3 Å². The second-order valence-corrected chi connectivity index (χ2v) is 6.45. The first-order valence-corrected chi connectivity index (χ1v) is 9.16. The van der Waals surface area contributed by atoms with Crippen molar-refractivity contribution < 1.29 is 4.79 Å². The molecule has 0 aliphatic rings. The fourth-order valence-corrected chi connectivity index (χ4v) is 2.65. The van der Waals surface area contributed by atoms with Gasteiger partial charge in [0, 0.05) is 24.9 Å². The van der Waals surface area contributed by atoms with E-state index in [4.69, 9.17) is 0 Å². The molecule has 144 valence electrons. The Morgan fingerprint density at radius 2 is 1.82 bits per heavy atom. The number of amides is 1. The quantitative estimate of drug-likeness (QED) is 0.489. The van der Waals surface area contributed by atoms with Gasteiger partial charge in [0.15, 0.2) is 5.82 Å². The number of hydrogen-bond acceptors (Lipinski definition) is 5. The second kappa shape index (κ2) is 8.94.